The number of pyridine rings is 2. The van der Waals surface area contributed by atoms with Gasteiger partial charge in [-0.25, -0.2) is 9.97 Å². The molecule has 0 aromatic carbocycles. The summed E-state index contributed by atoms with van der Waals surface area (Å²) in [6.07, 6.45) is 3.05. The summed E-state index contributed by atoms with van der Waals surface area (Å²) in [6.45, 7) is 3.65. The number of alkyl halides is 3. The van der Waals surface area contributed by atoms with Crippen molar-refractivity contribution in [3.8, 4) is 5.75 Å². The number of nitrogens with one attached hydrogen (secondary N) is 1. The molecule has 1 aliphatic carbocycles. The highest BCUT2D eigenvalue weighted by molar-refractivity contribution is 6.03. The van der Waals surface area contributed by atoms with E-state index in [2.05, 4.69) is 10.3 Å². The fourth-order valence-corrected chi connectivity index (χ4v) is 4.13. The highest BCUT2D eigenvalue weighted by Crippen LogP contribution is 2.36. The molecule has 0 spiro atoms. The van der Waals surface area contributed by atoms with Gasteiger partial charge in [0.05, 0.1) is 11.8 Å². The van der Waals surface area contributed by atoms with Crippen molar-refractivity contribution in [2.24, 2.45) is 5.92 Å². The third-order valence-electron chi connectivity index (χ3n) is 5.84. The Morgan fingerprint density at radius 3 is 2.56 bits per heavy atom. The Morgan fingerprint density at radius 1 is 1.18 bits per heavy atom. The average molecular weight is 474 g/mol. The van der Waals surface area contributed by atoms with E-state index >= 15 is 0 Å². The number of imidazole rings is 1. The number of hydrogen-bond acceptors (Lipinski definition) is 5. The second-order valence-corrected chi connectivity index (χ2v) is 8.76. The molecule has 0 aliphatic heterocycles. The van der Waals surface area contributed by atoms with Gasteiger partial charge in [0, 0.05) is 30.3 Å². The van der Waals surface area contributed by atoms with Gasteiger partial charge in [-0.15, -0.1) is 0 Å². The van der Waals surface area contributed by atoms with Crippen molar-refractivity contribution < 1.29 is 27.5 Å². The van der Waals surface area contributed by atoms with Crippen molar-refractivity contribution in [3.05, 3.63) is 53.7 Å². The average Bonchev–Trinajstić information content (AvgIpc) is 3.21. The molecule has 1 amide bonds. The highest BCUT2D eigenvalue weighted by atomic mass is 19.4. The Bertz CT molecular complexity index is 1200. The second kappa shape index (κ2) is 9.44. The molecule has 4 rings (SSSR count). The van der Waals surface area contributed by atoms with Gasteiger partial charge in [0.25, 0.3) is 5.91 Å². The van der Waals surface area contributed by atoms with E-state index in [4.69, 9.17) is 9.72 Å². The molecule has 3 aromatic heterocycles. The minimum Gasteiger partial charge on any atom is -0.489 e. The first-order chi connectivity index (χ1) is 16.1. The molecule has 180 valence electrons. The maximum absolute atomic E-state index is 13.0. The summed E-state index contributed by atoms with van der Waals surface area (Å²) < 4.78 is 46.6. The van der Waals surface area contributed by atoms with E-state index in [0.29, 0.717) is 17.1 Å². The van der Waals surface area contributed by atoms with Crippen molar-refractivity contribution in [1.82, 2.24) is 14.4 Å². The molecule has 34 heavy (non-hydrogen) atoms. The van der Waals surface area contributed by atoms with Gasteiger partial charge < -0.3 is 19.2 Å². The van der Waals surface area contributed by atoms with Gasteiger partial charge in [0.15, 0.2) is 0 Å². The van der Waals surface area contributed by atoms with Crippen molar-refractivity contribution >= 4 is 23.5 Å². The highest BCUT2D eigenvalue weighted by Gasteiger charge is 2.33. The number of halogens is 3. The van der Waals surface area contributed by atoms with Gasteiger partial charge in [-0.05, 0) is 51.7 Å². The Labute approximate surface area is 194 Å². The van der Waals surface area contributed by atoms with Crippen LogP contribution in [0, 0.1) is 5.92 Å². The van der Waals surface area contributed by atoms with Crippen LogP contribution < -0.4 is 10.1 Å². The molecular formula is C24H25F3N4O3. The number of hydrogen-bond donors (Lipinski definition) is 1. The molecule has 1 aliphatic rings. The van der Waals surface area contributed by atoms with Gasteiger partial charge in [0.2, 0.25) is 0 Å². The van der Waals surface area contributed by atoms with Crippen LogP contribution in [0.5, 0.6) is 5.75 Å². The largest absolute Gasteiger partial charge is 0.489 e. The first-order valence-electron chi connectivity index (χ1n) is 11.1. The minimum absolute atomic E-state index is 0.102. The summed E-state index contributed by atoms with van der Waals surface area (Å²) in [7, 11) is 0. The first-order valence-corrected chi connectivity index (χ1v) is 11.1. The molecule has 0 bridgehead atoms. The van der Waals surface area contributed by atoms with E-state index in [1.807, 2.05) is 20.0 Å². The summed E-state index contributed by atoms with van der Waals surface area (Å²) in [4.78, 5) is 31.9. The molecule has 3 aromatic rings. The number of nitrogens with zero attached hydrogens (tertiary/aromatic N) is 3. The normalized spacial score (nSPS) is 18.8. The number of anilines is 1. The van der Waals surface area contributed by atoms with Gasteiger partial charge in [0.1, 0.15) is 34.8 Å². The lowest BCUT2D eigenvalue weighted by molar-refractivity contribution is -0.141. The molecule has 0 saturated heterocycles. The van der Waals surface area contributed by atoms with Crippen molar-refractivity contribution in [3.63, 3.8) is 0 Å². The molecular weight excluding hydrogens is 449 g/mol. The number of aldehydes is 1. The molecule has 3 heterocycles. The van der Waals surface area contributed by atoms with Crippen LogP contribution in [0.4, 0.5) is 18.9 Å². The SMILES string of the molecule is CC(C)Oc1cc2nc([C@H]3CC[C@H](C=O)CC3)cn2cc1NC(=O)c1cccc(C(F)(F)F)n1. The summed E-state index contributed by atoms with van der Waals surface area (Å²) in [5, 5.41) is 2.62. The number of fused-ring (bicyclic) bond motifs is 1. The standard InChI is InChI=1S/C24H25F3N4O3/c1-14(2)34-20-10-22-29-18(16-8-6-15(13-32)7-9-16)11-31(22)12-19(20)30-23(33)17-4-3-5-21(28-17)24(25,26)27/h3-5,10-16H,6-9H2,1-2H3,(H,30,33)/t15-,16-. The minimum atomic E-state index is -4.65. The predicted molar refractivity (Wildman–Crippen MR) is 119 cm³/mol. The number of aromatic nitrogens is 3. The smallest absolute Gasteiger partial charge is 0.433 e. The van der Waals surface area contributed by atoms with Gasteiger partial charge in [-0.2, -0.15) is 13.2 Å². The zero-order valence-corrected chi connectivity index (χ0v) is 18.8. The van der Waals surface area contributed by atoms with Crippen LogP contribution in [0.15, 0.2) is 36.7 Å². The number of rotatable bonds is 6. The van der Waals surface area contributed by atoms with E-state index in [1.165, 1.54) is 6.07 Å². The van der Waals surface area contributed by atoms with E-state index in [0.717, 1.165) is 49.8 Å². The zero-order valence-electron chi connectivity index (χ0n) is 18.8. The fourth-order valence-electron chi connectivity index (χ4n) is 4.13. The van der Waals surface area contributed by atoms with Crippen LogP contribution in [0.3, 0.4) is 0 Å². The number of carbonyl (C=O) groups excluding carboxylic acids is 2. The molecule has 1 fully saturated rings. The molecule has 0 radical (unpaired) electrons. The van der Waals surface area contributed by atoms with E-state index < -0.39 is 17.8 Å². The lowest BCUT2D eigenvalue weighted by atomic mass is 9.81. The Morgan fingerprint density at radius 2 is 1.91 bits per heavy atom. The van der Waals surface area contributed by atoms with Crippen LogP contribution in [0.1, 0.15) is 67.3 Å². The molecule has 0 atom stereocenters. The van der Waals surface area contributed by atoms with Gasteiger partial charge in [-0.3, -0.25) is 4.79 Å². The van der Waals surface area contributed by atoms with E-state index in [1.54, 1.807) is 16.7 Å². The third-order valence-corrected chi connectivity index (χ3v) is 5.84. The Balaban J connectivity index is 1.63. The Kier molecular flexibility index (Phi) is 6.58. The lowest BCUT2D eigenvalue weighted by Crippen LogP contribution is -2.18. The van der Waals surface area contributed by atoms with Crippen LogP contribution in [0.2, 0.25) is 0 Å². The fraction of sp³-hybridized carbons (Fsp3) is 0.417. The zero-order chi connectivity index (χ0) is 24.5. The maximum atomic E-state index is 13.0. The van der Waals surface area contributed by atoms with Crippen molar-refractivity contribution in [1.29, 1.82) is 0 Å². The van der Waals surface area contributed by atoms with Crippen molar-refractivity contribution in [2.45, 2.75) is 57.7 Å². The van der Waals surface area contributed by atoms with E-state index in [-0.39, 0.29) is 23.6 Å². The van der Waals surface area contributed by atoms with Gasteiger partial charge in [-0.1, -0.05) is 6.07 Å². The second-order valence-electron chi connectivity index (χ2n) is 8.76. The molecule has 7 nitrogen and oxygen atoms in total. The summed E-state index contributed by atoms with van der Waals surface area (Å²) in [5.41, 5.74) is 0.307. The van der Waals surface area contributed by atoms with E-state index in [9.17, 15) is 22.8 Å². The summed E-state index contributed by atoms with van der Waals surface area (Å²) >= 11 is 0. The summed E-state index contributed by atoms with van der Waals surface area (Å²) in [5.74, 6) is -0.0975. The molecule has 0 unspecified atom stereocenters. The lowest BCUT2D eigenvalue weighted by Gasteiger charge is -2.23. The number of ether oxygens (including phenoxy) is 1. The van der Waals surface area contributed by atoms with Crippen LogP contribution in [0.25, 0.3) is 5.65 Å². The third kappa shape index (κ3) is 5.21. The van der Waals surface area contributed by atoms with Crippen LogP contribution in [-0.2, 0) is 11.0 Å². The number of amides is 1. The Hall–Kier alpha value is -3.43. The van der Waals surface area contributed by atoms with Crippen molar-refractivity contribution in [2.75, 3.05) is 5.32 Å². The topological polar surface area (TPSA) is 85.6 Å². The summed E-state index contributed by atoms with van der Waals surface area (Å²) in [6, 6.07) is 4.86. The predicted octanol–water partition coefficient (Wildman–Crippen LogP) is 5.26. The number of carbonyl (C=O) groups is 2. The molecule has 10 heteroatoms. The van der Waals surface area contributed by atoms with Crippen LogP contribution >= 0.6 is 0 Å². The van der Waals surface area contributed by atoms with Gasteiger partial charge >= 0.3 is 6.18 Å². The monoisotopic (exact) mass is 474 g/mol. The quantitative estimate of drug-likeness (QED) is 0.493. The first kappa shape index (κ1) is 23.7. The molecule has 1 N–H and O–H groups in total. The molecule has 1 saturated carbocycles. The van der Waals surface area contributed by atoms with Crippen LogP contribution in [-0.4, -0.2) is 32.7 Å². The maximum Gasteiger partial charge on any atom is 0.433 e.